The third-order valence-electron chi connectivity index (χ3n) is 2.61. The standard InChI is InChI=1S/C12H27OS.ClH/c1-4-7-10-14(13,11-8-5-2)12-9-6-3;/h4-12H2,1-3H3;1H/q+1;/p-1. The normalized spacial score (nSPS) is 11.1. The van der Waals surface area contributed by atoms with Gasteiger partial charge in [-0.3, -0.25) is 0 Å². The Kier molecular flexibility index (Phi) is 13.0. The van der Waals surface area contributed by atoms with Crippen LogP contribution >= 0.6 is 0 Å². The van der Waals surface area contributed by atoms with E-state index < -0.39 is 9.93 Å². The average molecular weight is 255 g/mol. The number of rotatable bonds is 9. The van der Waals surface area contributed by atoms with Crippen LogP contribution in [-0.4, -0.2) is 17.3 Å². The molecular formula is C12H27ClOS. The second-order valence-electron chi connectivity index (χ2n) is 4.14. The molecule has 0 saturated carbocycles. The Hall–Kier alpha value is 0.440. The van der Waals surface area contributed by atoms with E-state index >= 15 is 0 Å². The van der Waals surface area contributed by atoms with Gasteiger partial charge in [0.2, 0.25) is 0 Å². The SMILES string of the molecule is CCCC[S+](=O)(CCCC)CCCC.[Cl-]. The van der Waals surface area contributed by atoms with Crippen LogP contribution in [0.4, 0.5) is 0 Å². The molecule has 0 rings (SSSR count). The van der Waals surface area contributed by atoms with Crippen molar-refractivity contribution in [1.29, 1.82) is 0 Å². The number of halogens is 1. The number of hydrogen-bond donors (Lipinski definition) is 0. The predicted molar refractivity (Wildman–Crippen MR) is 67.4 cm³/mol. The van der Waals surface area contributed by atoms with Crippen molar-refractivity contribution >= 4 is 9.93 Å². The lowest BCUT2D eigenvalue weighted by Crippen LogP contribution is -3.00. The smallest absolute Gasteiger partial charge is 0.112 e. The molecule has 0 heterocycles. The van der Waals surface area contributed by atoms with E-state index in [1.165, 1.54) is 19.3 Å². The summed E-state index contributed by atoms with van der Waals surface area (Å²) in [6.07, 6.45) is 6.96. The van der Waals surface area contributed by atoms with Crippen LogP contribution in [0.1, 0.15) is 59.3 Å². The van der Waals surface area contributed by atoms with Crippen LogP contribution in [0.3, 0.4) is 0 Å². The van der Waals surface area contributed by atoms with Crippen LogP contribution in [0.15, 0.2) is 0 Å². The molecule has 0 saturated heterocycles. The summed E-state index contributed by atoms with van der Waals surface area (Å²) < 4.78 is 12.5. The molecule has 0 unspecified atom stereocenters. The molecule has 0 atom stereocenters. The Morgan fingerprint density at radius 1 is 0.733 bits per heavy atom. The average Bonchev–Trinajstić information content (AvgIpc) is 2.21. The molecule has 15 heavy (non-hydrogen) atoms. The van der Waals surface area contributed by atoms with Gasteiger partial charge in [0.25, 0.3) is 0 Å². The first-order chi connectivity index (χ1) is 6.68. The summed E-state index contributed by atoms with van der Waals surface area (Å²) in [5.41, 5.74) is 0. The van der Waals surface area contributed by atoms with Crippen molar-refractivity contribution in [3.8, 4) is 0 Å². The molecule has 94 valence electrons. The molecule has 0 aromatic carbocycles. The van der Waals surface area contributed by atoms with Gasteiger partial charge in [-0.15, -0.1) is 4.21 Å². The topological polar surface area (TPSA) is 17.1 Å². The maximum Gasteiger partial charge on any atom is 0.112 e. The molecule has 3 heteroatoms. The van der Waals surface area contributed by atoms with Crippen molar-refractivity contribution in [2.24, 2.45) is 0 Å². The van der Waals surface area contributed by atoms with Gasteiger partial charge < -0.3 is 12.4 Å². The van der Waals surface area contributed by atoms with Gasteiger partial charge in [0.15, 0.2) is 0 Å². The van der Waals surface area contributed by atoms with Crippen LogP contribution in [-0.2, 0) is 14.1 Å². The second-order valence-corrected chi connectivity index (χ2v) is 7.30. The Labute approximate surface area is 103 Å². The summed E-state index contributed by atoms with van der Waals surface area (Å²) in [7, 11) is -1.48. The highest BCUT2D eigenvalue weighted by molar-refractivity contribution is 8.02. The Morgan fingerprint density at radius 3 is 1.20 bits per heavy atom. The van der Waals surface area contributed by atoms with Crippen LogP contribution in [0.5, 0.6) is 0 Å². The van der Waals surface area contributed by atoms with Gasteiger partial charge in [0.05, 0.1) is 9.93 Å². The summed E-state index contributed by atoms with van der Waals surface area (Å²) in [5, 5.41) is 0. The Balaban J connectivity index is 0. The molecule has 0 radical (unpaired) electrons. The third kappa shape index (κ3) is 9.37. The van der Waals surface area contributed by atoms with Gasteiger partial charge >= 0.3 is 0 Å². The molecule has 0 fully saturated rings. The molecule has 0 aliphatic carbocycles. The molecular weight excluding hydrogens is 228 g/mol. The fourth-order valence-corrected chi connectivity index (χ4v) is 4.59. The maximum absolute atomic E-state index is 12.5. The van der Waals surface area contributed by atoms with Gasteiger partial charge in [-0.1, -0.05) is 40.0 Å². The third-order valence-corrected chi connectivity index (χ3v) is 5.71. The number of unbranched alkanes of at least 4 members (excludes halogenated alkanes) is 3. The van der Waals surface area contributed by atoms with E-state index in [2.05, 4.69) is 20.8 Å². The van der Waals surface area contributed by atoms with Crippen molar-refractivity contribution in [3.05, 3.63) is 0 Å². The molecule has 0 bridgehead atoms. The van der Waals surface area contributed by atoms with Crippen molar-refractivity contribution in [3.63, 3.8) is 0 Å². The summed E-state index contributed by atoms with van der Waals surface area (Å²) in [4.78, 5) is 0. The summed E-state index contributed by atoms with van der Waals surface area (Å²) in [6.45, 7) is 6.54. The summed E-state index contributed by atoms with van der Waals surface area (Å²) >= 11 is 0. The monoisotopic (exact) mass is 254 g/mol. The van der Waals surface area contributed by atoms with Gasteiger partial charge in [-0.05, 0) is 19.3 Å². The fourth-order valence-electron chi connectivity index (χ4n) is 1.53. The minimum Gasteiger partial charge on any atom is -1.00 e. The first-order valence-corrected chi connectivity index (χ1v) is 8.22. The highest BCUT2D eigenvalue weighted by Crippen LogP contribution is 2.14. The molecule has 0 aliphatic rings. The molecule has 0 amide bonds. The zero-order valence-electron chi connectivity index (χ0n) is 10.6. The van der Waals surface area contributed by atoms with E-state index in [4.69, 9.17) is 0 Å². The zero-order valence-corrected chi connectivity index (χ0v) is 12.1. The van der Waals surface area contributed by atoms with Crippen molar-refractivity contribution in [1.82, 2.24) is 0 Å². The molecule has 1 nitrogen and oxygen atoms in total. The van der Waals surface area contributed by atoms with E-state index in [-0.39, 0.29) is 12.4 Å². The summed E-state index contributed by atoms with van der Waals surface area (Å²) in [6, 6.07) is 0. The van der Waals surface area contributed by atoms with Crippen molar-refractivity contribution < 1.29 is 16.6 Å². The highest BCUT2D eigenvalue weighted by Gasteiger charge is 2.25. The zero-order chi connectivity index (χ0) is 10.9. The minimum atomic E-state index is -1.48. The molecule has 0 spiro atoms. The van der Waals surface area contributed by atoms with Gasteiger partial charge in [0.1, 0.15) is 17.3 Å². The molecule has 0 aromatic rings. The van der Waals surface area contributed by atoms with Crippen LogP contribution in [0.2, 0.25) is 0 Å². The maximum atomic E-state index is 12.5. The fraction of sp³-hybridized carbons (Fsp3) is 1.00. The Bertz CT molecular complexity index is 142. The minimum absolute atomic E-state index is 0. The van der Waals surface area contributed by atoms with E-state index in [0.717, 1.165) is 36.5 Å². The lowest BCUT2D eigenvalue weighted by molar-refractivity contribution is -0.00000461. The van der Waals surface area contributed by atoms with E-state index in [1.807, 2.05) is 0 Å². The van der Waals surface area contributed by atoms with E-state index in [0.29, 0.717) is 0 Å². The second kappa shape index (κ2) is 10.9. The van der Waals surface area contributed by atoms with E-state index in [9.17, 15) is 4.21 Å². The highest BCUT2D eigenvalue weighted by atomic mass is 35.5. The van der Waals surface area contributed by atoms with Gasteiger partial charge in [-0.25, -0.2) is 0 Å². The van der Waals surface area contributed by atoms with Crippen molar-refractivity contribution in [2.45, 2.75) is 59.3 Å². The largest absolute Gasteiger partial charge is 1.00 e. The van der Waals surface area contributed by atoms with Crippen LogP contribution in [0.25, 0.3) is 0 Å². The predicted octanol–water partition coefficient (Wildman–Crippen LogP) is 0.890. The Morgan fingerprint density at radius 2 is 1.00 bits per heavy atom. The number of hydrogen-bond acceptors (Lipinski definition) is 1. The quantitative estimate of drug-likeness (QED) is 0.559. The first-order valence-electron chi connectivity index (χ1n) is 6.15. The molecule has 0 aliphatic heterocycles. The van der Waals surface area contributed by atoms with Crippen molar-refractivity contribution in [2.75, 3.05) is 17.3 Å². The lowest BCUT2D eigenvalue weighted by Gasteiger charge is -2.11. The van der Waals surface area contributed by atoms with Crippen LogP contribution in [0, 0.1) is 0 Å². The van der Waals surface area contributed by atoms with Crippen LogP contribution < -0.4 is 12.4 Å². The lowest BCUT2D eigenvalue weighted by atomic mass is 10.4. The first kappa shape index (κ1) is 17.8. The van der Waals surface area contributed by atoms with E-state index in [1.54, 1.807) is 0 Å². The summed E-state index contributed by atoms with van der Waals surface area (Å²) in [5.74, 6) is 2.93. The van der Waals surface area contributed by atoms with Gasteiger partial charge in [0, 0.05) is 0 Å². The molecule has 0 aromatic heterocycles. The molecule has 0 N–H and O–H groups in total. The van der Waals surface area contributed by atoms with Gasteiger partial charge in [-0.2, -0.15) is 0 Å².